The highest BCUT2D eigenvalue weighted by Crippen LogP contribution is 2.14. The molecule has 0 spiro atoms. The van der Waals surface area contributed by atoms with E-state index in [9.17, 15) is 14.4 Å². The van der Waals surface area contributed by atoms with Crippen molar-refractivity contribution in [2.45, 2.75) is 31.8 Å². The summed E-state index contributed by atoms with van der Waals surface area (Å²) in [6.07, 6.45) is 4.78. The van der Waals surface area contributed by atoms with Crippen LogP contribution in [-0.4, -0.2) is 47.8 Å². The number of halogens is 1. The van der Waals surface area contributed by atoms with Crippen LogP contribution in [0.25, 0.3) is 0 Å². The summed E-state index contributed by atoms with van der Waals surface area (Å²) < 4.78 is 0. The first-order chi connectivity index (χ1) is 16.5. The molecule has 182 valence electrons. The lowest BCUT2D eigenvalue weighted by Crippen LogP contribution is -2.54. The standard InChI is InChI=1S/C27H28N4O3.ClH/c1-18-4-2-5-22(16-18)25(32)19-7-9-20(10-8-19)26(33)30-23-6-3-13-29-17-24(23)31-27(34)21-11-14-28-15-12-21;/h2,4-5,7-12,14-16,23-24,29H,3,6,13,17H2,1H3,(H,30,33)(H,31,34);1H/t23-,24-;/m1./s1. The van der Waals surface area contributed by atoms with Crippen molar-refractivity contribution in [1.82, 2.24) is 20.9 Å². The monoisotopic (exact) mass is 492 g/mol. The summed E-state index contributed by atoms with van der Waals surface area (Å²) in [7, 11) is 0. The highest BCUT2D eigenvalue weighted by molar-refractivity contribution is 6.09. The molecule has 35 heavy (non-hydrogen) atoms. The second-order valence-corrected chi connectivity index (χ2v) is 8.52. The van der Waals surface area contributed by atoms with Gasteiger partial charge in [0.05, 0.1) is 12.1 Å². The number of hydrogen-bond acceptors (Lipinski definition) is 5. The molecule has 3 N–H and O–H groups in total. The van der Waals surface area contributed by atoms with E-state index >= 15 is 0 Å². The number of aromatic nitrogens is 1. The van der Waals surface area contributed by atoms with E-state index in [1.54, 1.807) is 54.9 Å². The molecule has 3 aromatic rings. The lowest BCUT2D eigenvalue weighted by Gasteiger charge is -2.27. The van der Waals surface area contributed by atoms with Crippen LogP contribution >= 0.6 is 12.4 Å². The quantitative estimate of drug-likeness (QED) is 0.458. The molecule has 0 unspecified atom stereocenters. The van der Waals surface area contributed by atoms with Gasteiger partial charge in [0.15, 0.2) is 5.78 Å². The van der Waals surface area contributed by atoms with Gasteiger partial charge in [-0.2, -0.15) is 0 Å². The normalized spacial score (nSPS) is 17.4. The van der Waals surface area contributed by atoms with E-state index in [0.717, 1.165) is 24.9 Å². The number of rotatable bonds is 6. The fourth-order valence-electron chi connectivity index (χ4n) is 4.11. The third-order valence-corrected chi connectivity index (χ3v) is 5.98. The fourth-order valence-corrected chi connectivity index (χ4v) is 4.11. The third kappa shape index (κ3) is 6.74. The number of pyridine rings is 1. The van der Waals surface area contributed by atoms with Crippen molar-refractivity contribution in [3.8, 4) is 0 Å². The SMILES string of the molecule is Cc1cccc(C(=O)c2ccc(C(=O)N[C@@H]3CCCNC[C@H]3NC(=O)c3ccncc3)cc2)c1.Cl. The summed E-state index contributed by atoms with van der Waals surface area (Å²) in [5.41, 5.74) is 3.17. The maximum absolute atomic E-state index is 13.0. The third-order valence-electron chi connectivity index (χ3n) is 5.98. The van der Waals surface area contributed by atoms with Gasteiger partial charge in [0, 0.05) is 41.2 Å². The molecule has 2 aromatic carbocycles. The van der Waals surface area contributed by atoms with Gasteiger partial charge in [-0.05, 0) is 56.6 Å². The fraction of sp³-hybridized carbons (Fsp3) is 0.259. The van der Waals surface area contributed by atoms with Crippen molar-refractivity contribution in [2.75, 3.05) is 13.1 Å². The van der Waals surface area contributed by atoms with Crippen LogP contribution in [0.1, 0.15) is 55.0 Å². The Balaban J connectivity index is 0.00000342. The van der Waals surface area contributed by atoms with E-state index in [4.69, 9.17) is 0 Å². The van der Waals surface area contributed by atoms with Crippen LogP contribution in [0.5, 0.6) is 0 Å². The minimum Gasteiger partial charge on any atom is -0.347 e. The zero-order valence-electron chi connectivity index (χ0n) is 19.5. The van der Waals surface area contributed by atoms with Gasteiger partial charge >= 0.3 is 0 Å². The number of benzene rings is 2. The molecule has 0 aliphatic carbocycles. The molecule has 8 heteroatoms. The topological polar surface area (TPSA) is 100 Å². The zero-order chi connectivity index (χ0) is 23.9. The van der Waals surface area contributed by atoms with Crippen LogP contribution in [0.3, 0.4) is 0 Å². The molecule has 0 saturated carbocycles. The molecule has 1 saturated heterocycles. The number of ketones is 1. The molecule has 1 aliphatic rings. The van der Waals surface area contributed by atoms with Gasteiger partial charge in [-0.25, -0.2) is 0 Å². The first kappa shape index (κ1) is 26.1. The van der Waals surface area contributed by atoms with Gasteiger partial charge in [-0.3, -0.25) is 19.4 Å². The Labute approximate surface area is 211 Å². The molecule has 1 fully saturated rings. The minimum atomic E-state index is -0.255. The van der Waals surface area contributed by atoms with Gasteiger partial charge in [0.25, 0.3) is 11.8 Å². The summed E-state index contributed by atoms with van der Waals surface area (Å²) in [6.45, 7) is 3.33. The van der Waals surface area contributed by atoms with Crippen LogP contribution in [-0.2, 0) is 0 Å². The molecular formula is C27H29ClN4O3. The lowest BCUT2D eigenvalue weighted by atomic mass is 10.00. The molecule has 1 aliphatic heterocycles. The molecule has 0 bridgehead atoms. The first-order valence-corrected chi connectivity index (χ1v) is 11.4. The Hall–Kier alpha value is -3.55. The second kappa shape index (κ2) is 12.2. The Morgan fingerprint density at radius 2 is 1.46 bits per heavy atom. The molecule has 2 amide bonds. The van der Waals surface area contributed by atoms with Gasteiger partial charge in [0.1, 0.15) is 0 Å². The summed E-state index contributed by atoms with van der Waals surface area (Å²) in [6, 6.07) is 17.0. The molecule has 2 heterocycles. The Bertz CT molecular complexity index is 1170. The van der Waals surface area contributed by atoms with Crippen molar-refractivity contribution >= 4 is 30.0 Å². The molecule has 4 rings (SSSR count). The number of hydrogen-bond donors (Lipinski definition) is 3. The Morgan fingerprint density at radius 1 is 0.829 bits per heavy atom. The van der Waals surface area contributed by atoms with Gasteiger partial charge in [-0.1, -0.05) is 35.9 Å². The van der Waals surface area contributed by atoms with Crippen molar-refractivity contribution in [1.29, 1.82) is 0 Å². The molecule has 2 atom stereocenters. The van der Waals surface area contributed by atoms with Crippen molar-refractivity contribution in [2.24, 2.45) is 0 Å². The maximum Gasteiger partial charge on any atom is 0.251 e. The first-order valence-electron chi connectivity index (χ1n) is 11.4. The average molecular weight is 493 g/mol. The number of carbonyl (C=O) groups is 3. The van der Waals surface area contributed by atoms with Crippen LogP contribution in [0.4, 0.5) is 0 Å². The van der Waals surface area contributed by atoms with Gasteiger partial charge < -0.3 is 16.0 Å². The summed E-state index contributed by atoms with van der Waals surface area (Å²) >= 11 is 0. The van der Waals surface area contributed by atoms with E-state index in [0.29, 0.717) is 28.8 Å². The minimum absolute atomic E-state index is 0. The lowest BCUT2D eigenvalue weighted by molar-refractivity contribution is 0.0882. The number of carbonyl (C=O) groups excluding carboxylic acids is 3. The van der Waals surface area contributed by atoms with Gasteiger partial charge in [0.2, 0.25) is 0 Å². The van der Waals surface area contributed by atoms with Crippen LogP contribution < -0.4 is 16.0 Å². The van der Waals surface area contributed by atoms with E-state index in [1.807, 2.05) is 25.1 Å². The van der Waals surface area contributed by atoms with Crippen molar-refractivity contribution in [3.05, 3.63) is 101 Å². The summed E-state index contributed by atoms with van der Waals surface area (Å²) in [5, 5.41) is 9.44. The van der Waals surface area contributed by atoms with Gasteiger partial charge in [-0.15, -0.1) is 12.4 Å². The largest absolute Gasteiger partial charge is 0.347 e. The number of nitrogens with one attached hydrogen (secondary N) is 3. The predicted molar refractivity (Wildman–Crippen MR) is 137 cm³/mol. The van der Waals surface area contributed by atoms with Crippen LogP contribution in [0, 0.1) is 6.92 Å². The van der Waals surface area contributed by atoms with Crippen LogP contribution in [0.15, 0.2) is 73.1 Å². The van der Waals surface area contributed by atoms with Crippen molar-refractivity contribution in [3.63, 3.8) is 0 Å². The Morgan fingerprint density at radius 3 is 2.14 bits per heavy atom. The number of nitrogens with zero attached hydrogens (tertiary/aromatic N) is 1. The summed E-state index contributed by atoms with van der Waals surface area (Å²) in [4.78, 5) is 42.3. The zero-order valence-corrected chi connectivity index (χ0v) is 20.3. The summed E-state index contributed by atoms with van der Waals surface area (Å²) in [5.74, 6) is -0.511. The maximum atomic E-state index is 13.0. The highest BCUT2D eigenvalue weighted by Gasteiger charge is 2.27. The predicted octanol–water partition coefficient (Wildman–Crippen LogP) is 3.32. The molecule has 1 aromatic heterocycles. The van der Waals surface area contributed by atoms with E-state index < -0.39 is 0 Å². The number of aryl methyl sites for hydroxylation is 1. The molecule has 7 nitrogen and oxygen atoms in total. The average Bonchev–Trinajstić information content (AvgIpc) is 3.09. The second-order valence-electron chi connectivity index (χ2n) is 8.52. The smallest absolute Gasteiger partial charge is 0.251 e. The van der Waals surface area contributed by atoms with Crippen molar-refractivity contribution < 1.29 is 14.4 Å². The van der Waals surface area contributed by atoms with Crippen LogP contribution in [0.2, 0.25) is 0 Å². The van der Waals surface area contributed by atoms with E-state index in [1.165, 1.54) is 0 Å². The molecule has 0 radical (unpaired) electrons. The Kier molecular flexibility index (Phi) is 9.11. The number of amides is 2. The highest BCUT2D eigenvalue weighted by atomic mass is 35.5. The van der Waals surface area contributed by atoms with E-state index in [2.05, 4.69) is 20.9 Å². The molecular weight excluding hydrogens is 464 g/mol. The van der Waals surface area contributed by atoms with E-state index in [-0.39, 0.29) is 42.1 Å².